The molecule has 0 aliphatic carbocycles. The van der Waals surface area contributed by atoms with Gasteiger partial charge in [0.2, 0.25) is 0 Å². The molecule has 0 fully saturated rings. The zero-order chi connectivity index (χ0) is 28.7. The SMILES string of the molecule is CCN(CC)CCOc1ccc(/C=C/c2cc(Br)c(/C=C/c3ccc(OCCN(CC)CC)cc3)cc2Br)cc1. The predicted molar refractivity (Wildman–Crippen MR) is 179 cm³/mol. The van der Waals surface area contributed by atoms with Crippen molar-refractivity contribution >= 4 is 56.2 Å². The molecule has 0 amide bonds. The summed E-state index contributed by atoms with van der Waals surface area (Å²) >= 11 is 7.50. The molecule has 0 aliphatic heterocycles. The second-order valence-electron chi connectivity index (χ2n) is 9.45. The van der Waals surface area contributed by atoms with E-state index in [-0.39, 0.29) is 0 Å². The third-order valence-corrected chi connectivity index (χ3v) is 8.30. The van der Waals surface area contributed by atoms with E-state index in [2.05, 4.69) is 130 Å². The van der Waals surface area contributed by atoms with E-state index in [0.29, 0.717) is 13.2 Å². The fourth-order valence-corrected chi connectivity index (χ4v) is 5.21. The van der Waals surface area contributed by atoms with Gasteiger partial charge in [0.1, 0.15) is 24.7 Å². The summed E-state index contributed by atoms with van der Waals surface area (Å²) in [5.41, 5.74) is 4.47. The molecule has 0 spiro atoms. The van der Waals surface area contributed by atoms with Gasteiger partial charge < -0.3 is 19.3 Å². The van der Waals surface area contributed by atoms with Crippen molar-refractivity contribution in [2.24, 2.45) is 0 Å². The molecular formula is C34H42Br2N2O2. The first-order valence-corrected chi connectivity index (χ1v) is 15.8. The van der Waals surface area contributed by atoms with E-state index in [9.17, 15) is 0 Å². The van der Waals surface area contributed by atoms with Gasteiger partial charge in [-0.3, -0.25) is 0 Å². The highest BCUT2D eigenvalue weighted by atomic mass is 79.9. The lowest BCUT2D eigenvalue weighted by atomic mass is 10.1. The molecule has 0 heterocycles. The van der Waals surface area contributed by atoms with Gasteiger partial charge in [0.05, 0.1) is 0 Å². The maximum Gasteiger partial charge on any atom is 0.119 e. The lowest BCUT2D eigenvalue weighted by molar-refractivity contribution is 0.223. The average Bonchev–Trinajstić information content (AvgIpc) is 2.98. The highest BCUT2D eigenvalue weighted by Gasteiger charge is 2.05. The molecule has 3 rings (SSSR count). The van der Waals surface area contributed by atoms with Gasteiger partial charge in [-0.05, 0) is 84.8 Å². The lowest BCUT2D eigenvalue weighted by Gasteiger charge is -2.18. The summed E-state index contributed by atoms with van der Waals surface area (Å²) in [6.07, 6.45) is 8.48. The molecule has 0 aromatic heterocycles. The standard InChI is InChI=1S/C34H42Br2N2O2/c1-5-37(6-2)21-23-39-31-17-11-27(12-18-31)9-15-29-25-34(36)30(26-33(29)35)16-10-28-13-19-32(20-14-28)40-24-22-38(7-3)8-4/h9-20,25-26H,5-8,21-24H2,1-4H3/b15-9+,16-10+. The highest BCUT2D eigenvalue weighted by molar-refractivity contribution is 9.11. The van der Waals surface area contributed by atoms with Crippen molar-refractivity contribution in [3.63, 3.8) is 0 Å². The Balaban J connectivity index is 1.55. The van der Waals surface area contributed by atoms with E-state index in [0.717, 1.165) is 82.0 Å². The molecular weight excluding hydrogens is 628 g/mol. The molecule has 0 radical (unpaired) electrons. The van der Waals surface area contributed by atoms with Gasteiger partial charge >= 0.3 is 0 Å². The Hall–Kier alpha value is -2.38. The molecule has 3 aromatic rings. The van der Waals surface area contributed by atoms with Crippen LogP contribution < -0.4 is 9.47 Å². The minimum atomic E-state index is 0.704. The monoisotopic (exact) mass is 668 g/mol. The fourth-order valence-electron chi connectivity index (χ4n) is 4.22. The number of nitrogens with zero attached hydrogens (tertiary/aromatic N) is 2. The van der Waals surface area contributed by atoms with Gasteiger partial charge in [0.15, 0.2) is 0 Å². The van der Waals surface area contributed by atoms with Crippen LogP contribution in [0, 0.1) is 0 Å². The zero-order valence-corrected chi connectivity index (χ0v) is 27.4. The third-order valence-electron chi connectivity index (χ3n) is 6.93. The zero-order valence-electron chi connectivity index (χ0n) is 24.2. The number of hydrogen-bond donors (Lipinski definition) is 0. The predicted octanol–water partition coefficient (Wildman–Crippen LogP) is 8.99. The van der Waals surface area contributed by atoms with Crippen LogP contribution in [0.15, 0.2) is 69.6 Å². The number of ether oxygens (including phenoxy) is 2. The topological polar surface area (TPSA) is 24.9 Å². The Morgan fingerprint density at radius 3 is 1.23 bits per heavy atom. The second kappa shape index (κ2) is 17.4. The smallest absolute Gasteiger partial charge is 0.119 e. The summed E-state index contributed by atoms with van der Waals surface area (Å²) in [4.78, 5) is 4.72. The Bertz CT molecular complexity index is 1120. The Kier molecular flexibility index (Phi) is 14.0. The summed E-state index contributed by atoms with van der Waals surface area (Å²) in [6, 6.07) is 20.8. The maximum atomic E-state index is 5.90. The molecule has 40 heavy (non-hydrogen) atoms. The van der Waals surface area contributed by atoms with E-state index in [4.69, 9.17) is 9.47 Å². The molecule has 0 atom stereocenters. The van der Waals surface area contributed by atoms with Crippen molar-refractivity contribution in [2.75, 3.05) is 52.5 Å². The van der Waals surface area contributed by atoms with Crippen LogP contribution in [-0.2, 0) is 0 Å². The van der Waals surface area contributed by atoms with Gasteiger partial charge in [-0.1, -0.05) is 108 Å². The minimum absolute atomic E-state index is 0.704. The van der Waals surface area contributed by atoms with E-state index in [1.54, 1.807) is 0 Å². The Morgan fingerprint density at radius 1 is 0.550 bits per heavy atom. The third kappa shape index (κ3) is 10.5. The largest absolute Gasteiger partial charge is 0.492 e. The summed E-state index contributed by atoms with van der Waals surface area (Å²) in [7, 11) is 0. The molecule has 4 nitrogen and oxygen atoms in total. The van der Waals surface area contributed by atoms with Gasteiger partial charge in [0, 0.05) is 22.0 Å². The molecule has 0 saturated carbocycles. The maximum absolute atomic E-state index is 5.90. The highest BCUT2D eigenvalue weighted by Crippen LogP contribution is 2.29. The van der Waals surface area contributed by atoms with E-state index in [1.807, 2.05) is 24.3 Å². The Labute approximate surface area is 257 Å². The quantitative estimate of drug-likeness (QED) is 0.142. The first kappa shape index (κ1) is 32.1. The second-order valence-corrected chi connectivity index (χ2v) is 11.2. The number of likely N-dealkylation sites (N-methyl/N-ethyl adjacent to an activating group) is 2. The van der Waals surface area contributed by atoms with Crippen molar-refractivity contribution in [2.45, 2.75) is 27.7 Å². The first-order valence-electron chi connectivity index (χ1n) is 14.2. The molecule has 6 heteroatoms. The normalized spacial score (nSPS) is 11.8. The molecule has 0 saturated heterocycles. The van der Waals surface area contributed by atoms with Crippen LogP contribution in [0.4, 0.5) is 0 Å². The van der Waals surface area contributed by atoms with E-state index in [1.165, 1.54) is 0 Å². The average molecular weight is 671 g/mol. The number of rotatable bonds is 16. The molecule has 214 valence electrons. The van der Waals surface area contributed by atoms with Crippen LogP contribution in [0.3, 0.4) is 0 Å². The summed E-state index contributed by atoms with van der Waals surface area (Å²) in [5.74, 6) is 1.81. The molecule has 0 bridgehead atoms. The van der Waals surface area contributed by atoms with Gasteiger partial charge in [0.25, 0.3) is 0 Å². The summed E-state index contributed by atoms with van der Waals surface area (Å²) in [5, 5.41) is 0. The van der Waals surface area contributed by atoms with Crippen LogP contribution in [0.2, 0.25) is 0 Å². The van der Waals surface area contributed by atoms with Crippen molar-refractivity contribution in [1.29, 1.82) is 0 Å². The van der Waals surface area contributed by atoms with Gasteiger partial charge in [-0.25, -0.2) is 0 Å². The molecule has 3 aromatic carbocycles. The number of halogens is 2. The van der Waals surface area contributed by atoms with Gasteiger partial charge in [-0.2, -0.15) is 0 Å². The fraction of sp³-hybridized carbons (Fsp3) is 0.353. The van der Waals surface area contributed by atoms with Crippen molar-refractivity contribution in [3.8, 4) is 11.5 Å². The molecule has 0 N–H and O–H groups in total. The van der Waals surface area contributed by atoms with Crippen molar-refractivity contribution < 1.29 is 9.47 Å². The van der Waals surface area contributed by atoms with Crippen LogP contribution in [0.1, 0.15) is 49.9 Å². The number of benzene rings is 3. The van der Waals surface area contributed by atoms with Crippen LogP contribution in [-0.4, -0.2) is 62.3 Å². The van der Waals surface area contributed by atoms with Crippen molar-refractivity contribution in [1.82, 2.24) is 9.80 Å². The van der Waals surface area contributed by atoms with Crippen LogP contribution >= 0.6 is 31.9 Å². The van der Waals surface area contributed by atoms with Crippen LogP contribution in [0.5, 0.6) is 11.5 Å². The van der Waals surface area contributed by atoms with E-state index >= 15 is 0 Å². The lowest BCUT2D eigenvalue weighted by Crippen LogP contribution is -2.27. The van der Waals surface area contributed by atoms with Gasteiger partial charge in [-0.15, -0.1) is 0 Å². The number of hydrogen-bond acceptors (Lipinski definition) is 4. The molecule has 0 aliphatic rings. The van der Waals surface area contributed by atoms with Crippen LogP contribution in [0.25, 0.3) is 24.3 Å². The van der Waals surface area contributed by atoms with Crippen molar-refractivity contribution in [3.05, 3.63) is 91.9 Å². The summed E-state index contributed by atoms with van der Waals surface area (Å²) < 4.78 is 13.9. The summed E-state index contributed by atoms with van der Waals surface area (Å²) in [6.45, 7) is 16.2. The first-order chi connectivity index (χ1) is 19.4. The molecule has 0 unspecified atom stereocenters. The Morgan fingerprint density at radius 2 is 0.900 bits per heavy atom. The minimum Gasteiger partial charge on any atom is -0.492 e. The van der Waals surface area contributed by atoms with E-state index < -0.39 is 0 Å².